The number of nitrogens with one attached hydrogen (secondary N) is 1. The van der Waals surface area contributed by atoms with Crippen molar-refractivity contribution in [1.29, 1.82) is 0 Å². The first-order chi connectivity index (χ1) is 8.65. The van der Waals surface area contributed by atoms with Crippen molar-refractivity contribution in [3.63, 3.8) is 0 Å². The molecule has 3 rings (SSSR count). The maximum Gasteiger partial charge on any atom is 0.407 e. The highest BCUT2D eigenvalue weighted by Crippen LogP contribution is 2.41. The molecule has 4 nitrogen and oxygen atoms in total. The van der Waals surface area contributed by atoms with Crippen LogP contribution in [-0.4, -0.2) is 35.7 Å². The summed E-state index contributed by atoms with van der Waals surface area (Å²) in [4.78, 5) is 12.7. The number of halogens is 1. The lowest BCUT2D eigenvalue weighted by Crippen LogP contribution is -2.27. The highest BCUT2D eigenvalue weighted by Gasteiger charge is 2.38. The van der Waals surface area contributed by atoms with E-state index < -0.39 is 6.09 Å². The molecule has 2 atom stereocenters. The standard InChI is InChI=1S/C13H15BrN2O2/c14-9-1-2-12-10(5-9)11-7-16(13(17)18)6-8(11)3-4-15-12/h1-2,5,8,11,15H,3-4,6-7H2,(H,17,18)/t8-,11-/m1/s1. The van der Waals surface area contributed by atoms with E-state index in [1.807, 2.05) is 6.07 Å². The van der Waals surface area contributed by atoms with Crippen molar-refractivity contribution in [2.75, 3.05) is 25.0 Å². The number of rotatable bonds is 0. The van der Waals surface area contributed by atoms with E-state index >= 15 is 0 Å². The van der Waals surface area contributed by atoms with Gasteiger partial charge in [0.05, 0.1) is 0 Å². The SMILES string of the molecule is O=C(O)N1C[C@H]2CCNc3ccc(Br)cc3[C@@H]2C1. The van der Waals surface area contributed by atoms with Crippen LogP contribution in [0.15, 0.2) is 22.7 Å². The number of amides is 1. The number of nitrogens with zero attached hydrogens (tertiary/aromatic N) is 1. The number of carboxylic acid groups (broad SMARTS) is 1. The molecule has 0 bridgehead atoms. The third-order valence-corrected chi connectivity index (χ3v) is 4.45. The predicted molar refractivity (Wildman–Crippen MR) is 73.1 cm³/mol. The van der Waals surface area contributed by atoms with Gasteiger partial charge in [-0.3, -0.25) is 0 Å². The van der Waals surface area contributed by atoms with E-state index in [4.69, 9.17) is 5.11 Å². The zero-order chi connectivity index (χ0) is 12.7. The Balaban J connectivity index is 1.97. The third-order valence-electron chi connectivity index (χ3n) is 3.96. The lowest BCUT2D eigenvalue weighted by atomic mass is 9.87. The molecule has 5 heteroatoms. The number of anilines is 1. The Hall–Kier alpha value is -1.23. The van der Waals surface area contributed by atoms with Crippen LogP contribution in [0, 0.1) is 5.92 Å². The van der Waals surface area contributed by atoms with Crippen LogP contribution < -0.4 is 5.32 Å². The molecule has 0 saturated carbocycles. The number of hydrogen-bond acceptors (Lipinski definition) is 2. The summed E-state index contributed by atoms with van der Waals surface area (Å²) in [7, 11) is 0. The first kappa shape index (κ1) is 11.8. The van der Waals surface area contributed by atoms with Crippen molar-refractivity contribution in [3.8, 4) is 0 Å². The van der Waals surface area contributed by atoms with Gasteiger partial charge in [-0.25, -0.2) is 4.79 Å². The number of benzene rings is 1. The molecule has 2 N–H and O–H groups in total. The van der Waals surface area contributed by atoms with Crippen LogP contribution in [0.3, 0.4) is 0 Å². The molecular formula is C13H15BrN2O2. The second-order valence-electron chi connectivity index (χ2n) is 5.00. The fraction of sp³-hybridized carbons (Fsp3) is 0.462. The molecule has 2 heterocycles. The summed E-state index contributed by atoms with van der Waals surface area (Å²) in [6, 6.07) is 6.22. The quantitative estimate of drug-likeness (QED) is 0.774. The van der Waals surface area contributed by atoms with Gasteiger partial charge in [-0.15, -0.1) is 0 Å². The Bertz CT molecular complexity index is 492. The van der Waals surface area contributed by atoms with Gasteiger partial charge in [0, 0.05) is 35.7 Å². The van der Waals surface area contributed by atoms with E-state index in [0.717, 1.165) is 23.1 Å². The van der Waals surface area contributed by atoms with Crippen LogP contribution in [0.25, 0.3) is 0 Å². The normalized spacial score (nSPS) is 25.9. The second-order valence-corrected chi connectivity index (χ2v) is 5.92. The first-order valence-electron chi connectivity index (χ1n) is 6.16. The molecule has 0 aliphatic carbocycles. The topological polar surface area (TPSA) is 52.6 Å². The summed E-state index contributed by atoms with van der Waals surface area (Å²) in [5.41, 5.74) is 2.40. The molecule has 1 aromatic rings. The minimum atomic E-state index is -0.799. The second kappa shape index (κ2) is 4.46. The van der Waals surface area contributed by atoms with Crippen molar-refractivity contribution in [2.45, 2.75) is 12.3 Å². The number of hydrogen-bond donors (Lipinski definition) is 2. The van der Waals surface area contributed by atoms with E-state index in [9.17, 15) is 4.79 Å². The van der Waals surface area contributed by atoms with E-state index in [-0.39, 0.29) is 0 Å². The van der Waals surface area contributed by atoms with Gasteiger partial charge >= 0.3 is 6.09 Å². The molecule has 96 valence electrons. The fourth-order valence-electron chi connectivity index (χ4n) is 3.07. The van der Waals surface area contributed by atoms with Crippen LogP contribution in [0.4, 0.5) is 10.5 Å². The van der Waals surface area contributed by atoms with Crippen molar-refractivity contribution in [1.82, 2.24) is 4.90 Å². The Labute approximate surface area is 114 Å². The highest BCUT2D eigenvalue weighted by molar-refractivity contribution is 9.10. The zero-order valence-electron chi connectivity index (χ0n) is 9.90. The lowest BCUT2D eigenvalue weighted by molar-refractivity contribution is 0.153. The summed E-state index contributed by atoms with van der Waals surface area (Å²) in [5.74, 6) is 0.757. The Morgan fingerprint density at radius 1 is 1.44 bits per heavy atom. The highest BCUT2D eigenvalue weighted by atomic mass is 79.9. The van der Waals surface area contributed by atoms with Crippen LogP contribution in [0.5, 0.6) is 0 Å². The van der Waals surface area contributed by atoms with Gasteiger partial charge in [-0.1, -0.05) is 15.9 Å². The Kier molecular flexibility index (Phi) is 2.93. The first-order valence-corrected chi connectivity index (χ1v) is 6.95. The van der Waals surface area contributed by atoms with E-state index in [1.54, 1.807) is 4.90 Å². The lowest BCUT2D eigenvalue weighted by Gasteiger charge is -2.17. The zero-order valence-corrected chi connectivity index (χ0v) is 11.5. The molecule has 1 fully saturated rings. The van der Waals surface area contributed by atoms with Crippen molar-refractivity contribution in [2.24, 2.45) is 5.92 Å². The van der Waals surface area contributed by atoms with Gasteiger partial charge in [0.1, 0.15) is 0 Å². The molecule has 1 aromatic carbocycles. The summed E-state index contributed by atoms with van der Waals surface area (Å²) in [6.45, 7) is 2.20. The van der Waals surface area contributed by atoms with E-state index in [2.05, 4.69) is 33.4 Å². The number of carbonyl (C=O) groups is 1. The van der Waals surface area contributed by atoms with Crippen LogP contribution in [0.1, 0.15) is 17.9 Å². The molecule has 2 aliphatic rings. The Morgan fingerprint density at radius 3 is 3.06 bits per heavy atom. The number of fused-ring (bicyclic) bond motifs is 3. The predicted octanol–water partition coefficient (Wildman–Crippen LogP) is 2.96. The smallest absolute Gasteiger partial charge is 0.407 e. The molecule has 0 spiro atoms. The van der Waals surface area contributed by atoms with Crippen LogP contribution in [0.2, 0.25) is 0 Å². The maximum atomic E-state index is 11.1. The molecule has 1 amide bonds. The minimum absolute atomic E-state index is 0.323. The van der Waals surface area contributed by atoms with Gasteiger partial charge in [0.25, 0.3) is 0 Å². The largest absolute Gasteiger partial charge is 0.465 e. The fourth-order valence-corrected chi connectivity index (χ4v) is 3.44. The maximum absolute atomic E-state index is 11.1. The molecule has 18 heavy (non-hydrogen) atoms. The average Bonchev–Trinajstić information content (AvgIpc) is 2.68. The van der Waals surface area contributed by atoms with Crippen molar-refractivity contribution >= 4 is 27.7 Å². The number of likely N-dealkylation sites (tertiary alicyclic amines) is 1. The van der Waals surface area contributed by atoms with Crippen LogP contribution in [-0.2, 0) is 0 Å². The molecule has 0 aromatic heterocycles. The van der Waals surface area contributed by atoms with Crippen molar-refractivity contribution < 1.29 is 9.90 Å². The summed E-state index contributed by atoms with van der Waals surface area (Å²) in [5, 5.41) is 12.6. The average molecular weight is 311 g/mol. The molecule has 0 radical (unpaired) electrons. The van der Waals surface area contributed by atoms with E-state index in [0.29, 0.717) is 24.9 Å². The van der Waals surface area contributed by atoms with Gasteiger partial charge in [-0.05, 0) is 36.1 Å². The molecule has 2 aliphatic heterocycles. The van der Waals surface area contributed by atoms with Gasteiger partial charge in [-0.2, -0.15) is 0 Å². The summed E-state index contributed by atoms with van der Waals surface area (Å²) >= 11 is 3.50. The van der Waals surface area contributed by atoms with Gasteiger partial charge in [0.2, 0.25) is 0 Å². The third kappa shape index (κ3) is 1.96. The molecule has 0 unspecified atom stereocenters. The van der Waals surface area contributed by atoms with Gasteiger partial charge < -0.3 is 15.3 Å². The summed E-state index contributed by atoms with van der Waals surface area (Å²) in [6.07, 6.45) is 0.230. The van der Waals surface area contributed by atoms with Crippen LogP contribution >= 0.6 is 15.9 Å². The van der Waals surface area contributed by atoms with Gasteiger partial charge in [0.15, 0.2) is 0 Å². The van der Waals surface area contributed by atoms with Crippen molar-refractivity contribution in [3.05, 3.63) is 28.2 Å². The molecule has 1 saturated heterocycles. The Morgan fingerprint density at radius 2 is 2.28 bits per heavy atom. The summed E-state index contributed by atoms with van der Waals surface area (Å²) < 4.78 is 1.05. The van der Waals surface area contributed by atoms with E-state index in [1.165, 1.54) is 5.56 Å². The monoisotopic (exact) mass is 310 g/mol. The minimum Gasteiger partial charge on any atom is -0.465 e. The molecular weight excluding hydrogens is 296 g/mol.